The Morgan fingerprint density at radius 1 is 1.09 bits per heavy atom. The van der Waals surface area contributed by atoms with Gasteiger partial charge in [0.15, 0.2) is 6.10 Å². The fourth-order valence-corrected chi connectivity index (χ4v) is 3.44. The minimum absolute atomic E-state index is 0.0232. The molecule has 2 rings (SSSR count). The number of benzene rings is 2. The molecule has 0 spiro atoms. The van der Waals surface area contributed by atoms with E-state index in [1.54, 1.807) is 48.2 Å². The lowest BCUT2D eigenvalue weighted by atomic mass is 10.0. The van der Waals surface area contributed by atoms with Crippen LogP contribution in [-0.4, -0.2) is 62.2 Å². The van der Waals surface area contributed by atoms with Crippen LogP contribution in [-0.2, 0) is 19.0 Å². The lowest BCUT2D eigenvalue weighted by Crippen LogP contribution is -2.29. The monoisotopic (exact) mass is 495 g/mol. The average molecular weight is 496 g/mol. The van der Waals surface area contributed by atoms with Gasteiger partial charge in [-0.1, -0.05) is 12.1 Å². The first-order valence-electron chi connectivity index (χ1n) is 10.2. The van der Waals surface area contributed by atoms with Gasteiger partial charge in [0, 0.05) is 24.1 Å². The number of carbonyl (C=O) groups is 2. The van der Waals surface area contributed by atoms with Gasteiger partial charge in [-0.25, -0.2) is 4.79 Å². The second-order valence-corrected chi connectivity index (χ2v) is 7.96. The Labute approximate surface area is 203 Å². The minimum Gasteiger partial charge on any atom is -0.491 e. The number of hydrogen-bond acceptors (Lipinski definition) is 9. The van der Waals surface area contributed by atoms with E-state index in [9.17, 15) is 9.59 Å². The molecule has 2 atom stereocenters. The normalized spacial score (nSPS) is 12.5. The predicted molar refractivity (Wildman–Crippen MR) is 130 cm³/mol. The van der Waals surface area contributed by atoms with E-state index in [4.69, 9.17) is 24.1 Å². The van der Waals surface area contributed by atoms with E-state index in [1.165, 1.54) is 7.11 Å². The quantitative estimate of drug-likeness (QED) is 0.218. The van der Waals surface area contributed by atoms with Crippen molar-refractivity contribution in [3.8, 4) is 5.75 Å². The minimum atomic E-state index is -0.776. The van der Waals surface area contributed by atoms with Crippen LogP contribution in [0.5, 0.6) is 5.75 Å². The Morgan fingerprint density at radius 2 is 1.79 bits per heavy atom. The molecule has 8 nitrogen and oxygen atoms in total. The van der Waals surface area contributed by atoms with E-state index < -0.39 is 24.3 Å². The summed E-state index contributed by atoms with van der Waals surface area (Å²) in [5.74, 6) is 0.106. The molecule has 0 aromatic heterocycles. The molecule has 0 aliphatic rings. The molecule has 0 saturated carbocycles. The first kappa shape index (κ1) is 26.8. The van der Waals surface area contributed by atoms with Gasteiger partial charge in [0.1, 0.15) is 18.5 Å². The molecule has 2 aromatic rings. The third-order valence-corrected chi connectivity index (χ3v) is 5.58. The number of carbonyl (C=O) groups excluding carboxylic acids is 2. The molecule has 1 amide bonds. The van der Waals surface area contributed by atoms with Crippen molar-refractivity contribution in [3.63, 3.8) is 0 Å². The third-order valence-electron chi connectivity index (χ3n) is 4.57. The van der Waals surface area contributed by atoms with Gasteiger partial charge in [-0.3, -0.25) is 10.1 Å². The number of aliphatic hydroxyl groups excluding tert-OH is 1. The maximum atomic E-state index is 12.7. The lowest BCUT2D eigenvalue weighted by Gasteiger charge is -2.26. The fraction of sp³-hybridized carbons (Fsp3) is 0.391. The number of nitrogens with one attached hydrogen (secondary N) is 1. The van der Waals surface area contributed by atoms with Gasteiger partial charge in [-0.05, 0) is 48.2 Å². The summed E-state index contributed by atoms with van der Waals surface area (Å²) in [6.07, 6.45) is 0.277. The first-order chi connectivity index (χ1) is 16.0. The summed E-state index contributed by atoms with van der Waals surface area (Å²) < 4.78 is 21.8. The molecule has 0 bridgehead atoms. The summed E-state index contributed by atoms with van der Waals surface area (Å²) in [6.45, 7) is 0.170. The highest BCUT2D eigenvalue weighted by Gasteiger charge is 2.28. The topological polar surface area (TPSA) is 103 Å². The average Bonchev–Trinajstić information content (AvgIpc) is 2.85. The summed E-state index contributed by atoms with van der Waals surface area (Å²) in [4.78, 5) is 25.1. The molecular weight excluding hydrogens is 466 g/mol. The summed E-state index contributed by atoms with van der Waals surface area (Å²) in [7, 11) is 1.50. The Balaban J connectivity index is 2.15. The van der Waals surface area contributed by atoms with E-state index >= 15 is 0 Å². The molecule has 0 unspecified atom stereocenters. The number of anilines is 1. The molecular formula is C23H29NO7S2. The van der Waals surface area contributed by atoms with Gasteiger partial charge in [-0.15, -0.1) is 11.8 Å². The molecule has 0 heterocycles. The highest BCUT2D eigenvalue weighted by Crippen LogP contribution is 2.28. The number of hydrogen-bond donors (Lipinski definition) is 3. The van der Waals surface area contributed by atoms with E-state index in [0.717, 1.165) is 4.90 Å². The van der Waals surface area contributed by atoms with Gasteiger partial charge in [0.05, 0.1) is 19.0 Å². The van der Waals surface area contributed by atoms with Gasteiger partial charge in [0.2, 0.25) is 0 Å². The lowest BCUT2D eigenvalue weighted by molar-refractivity contribution is -0.141. The zero-order chi connectivity index (χ0) is 24.1. The van der Waals surface area contributed by atoms with Crippen LogP contribution < -0.4 is 10.1 Å². The van der Waals surface area contributed by atoms with Crippen molar-refractivity contribution in [1.82, 2.24) is 0 Å². The number of esters is 1. The molecule has 2 N–H and O–H groups in total. The van der Waals surface area contributed by atoms with Crippen molar-refractivity contribution >= 4 is 42.1 Å². The predicted octanol–water partition coefficient (Wildman–Crippen LogP) is 3.95. The Hall–Kier alpha value is -2.40. The van der Waals surface area contributed by atoms with E-state index in [1.807, 2.05) is 18.4 Å². The van der Waals surface area contributed by atoms with Crippen LogP contribution in [0.1, 0.15) is 18.1 Å². The van der Waals surface area contributed by atoms with Crippen LogP contribution in [0.2, 0.25) is 0 Å². The van der Waals surface area contributed by atoms with Crippen molar-refractivity contribution in [2.24, 2.45) is 0 Å². The molecule has 10 heteroatoms. The Kier molecular flexibility index (Phi) is 12.0. The van der Waals surface area contributed by atoms with Gasteiger partial charge >= 0.3 is 12.1 Å². The van der Waals surface area contributed by atoms with Crippen LogP contribution in [0.15, 0.2) is 53.4 Å². The van der Waals surface area contributed by atoms with E-state index in [0.29, 0.717) is 23.4 Å². The summed E-state index contributed by atoms with van der Waals surface area (Å²) in [5, 5.41) is 11.6. The van der Waals surface area contributed by atoms with Crippen LogP contribution in [0.3, 0.4) is 0 Å². The Bertz CT molecular complexity index is 862. The van der Waals surface area contributed by atoms with E-state index in [2.05, 4.69) is 17.9 Å². The number of aliphatic hydroxyl groups is 1. The number of rotatable bonds is 13. The maximum Gasteiger partial charge on any atom is 0.412 e. The molecule has 180 valence electrons. The van der Waals surface area contributed by atoms with Crippen LogP contribution in [0, 0.1) is 0 Å². The Morgan fingerprint density at radius 3 is 2.36 bits per heavy atom. The van der Waals surface area contributed by atoms with Crippen molar-refractivity contribution in [2.75, 3.05) is 44.3 Å². The summed E-state index contributed by atoms with van der Waals surface area (Å²) in [5.41, 5.74) is 1.27. The van der Waals surface area contributed by atoms with Crippen LogP contribution in [0.4, 0.5) is 10.5 Å². The third kappa shape index (κ3) is 9.17. The fourth-order valence-electron chi connectivity index (χ4n) is 2.94. The second kappa shape index (κ2) is 14.7. The van der Waals surface area contributed by atoms with Crippen molar-refractivity contribution in [1.29, 1.82) is 0 Å². The molecule has 0 aliphatic heterocycles. The SMILES string of the molecule is CO[C@H](CCOC(=O)CS)[C@H](OC(=O)Nc1ccc(SC)cc1)c1ccc(OCCO)cc1. The molecule has 33 heavy (non-hydrogen) atoms. The van der Waals surface area contributed by atoms with Crippen molar-refractivity contribution in [3.05, 3.63) is 54.1 Å². The molecule has 0 radical (unpaired) electrons. The van der Waals surface area contributed by atoms with Crippen molar-refractivity contribution in [2.45, 2.75) is 23.5 Å². The van der Waals surface area contributed by atoms with Gasteiger partial charge < -0.3 is 24.1 Å². The van der Waals surface area contributed by atoms with Gasteiger partial charge in [-0.2, -0.15) is 12.6 Å². The van der Waals surface area contributed by atoms with E-state index in [-0.39, 0.29) is 25.6 Å². The standard InChI is InChI=1S/C23H29NO7S2/c1-28-20(11-13-30-21(26)15-32)22(16-3-7-18(8-4-16)29-14-12-25)31-23(27)24-17-5-9-19(33-2)10-6-17/h3-10,20,22,25,32H,11-15H2,1-2H3,(H,24,27)/t20-,22-/m1/s1. The van der Waals surface area contributed by atoms with Gasteiger partial charge in [0.25, 0.3) is 0 Å². The summed E-state index contributed by atoms with van der Waals surface area (Å²) >= 11 is 5.49. The molecule has 0 aliphatic carbocycles. The van der Waals surface area contributed by atoms with Crippen molar-refractivity contribution < 1.29 is 33.6 Å². The van der Waals surface area contributed by atoms with Crippen LogP contribution >= 0.6 is 24.4 Å². The first-order valence-corrected chi connectivity index (χ1v) is 12.1. The largest absolute Gasteiger partial charge is 0.491 e. The number of ether oxygens (including phenoxy) is 4. The summed E-state index contributed by atoms with van der Waals surface area (Å²) in [6, 6.07) is 14.3. The molecule has 0 saturated heterocycles. The molecule has 2 aromatic carbocycles. The number of thiol groups is 1. The molecule has 0 fully saturated rings. The number of amides is 1. The number of methoxy groups -OCH3 is 1. The smallest absolute Gasteiger partial charge is 0.412 e. The number of thioether (sulfide) groups is 1. The zero-order valence-corrected chi connectivity index (χ0v) is 20.3. The maximum absolute atomic E-state index is 12.7. The second-order valence-electron chi connectivity index (χ2n) is 6.76. The zero-order valence-electron chi connectivity index (χ0n) is 18.6. The highest BCUT2D eigenvalue weighted by molar-refractivity contribution is 7.98. The van der Waals surface area contributed by atoms with Crippen LogP contribution in [0.25, 0.3) is 0 Å². The highest BCUT2D eigenvalue weighted by atomic mass is 32.2.